The number of hydrogen-bond donors (Lipinski definition) is 1. The number of carbonyl (C=O) groups excluding carboxylic acids is 2. The van der Waals surface area contributed by atoms with Crippen molar-refractivity contribution in [3.8, 4) is 16.8 Å². The molecule has 42 heavy (non-hydrogen) atoms. The van der Waals surface area contributed by atoms with Gasteiger partial charge in [0.2, 0.25) is 0 Å². The number of aromatic nitrogens is 2. The van der Waals surface area contributed by atoms with Gasteiger partial charge in [-0.25, -0.2) is 10.5 Å². The second-order valence-electron chi connectivity index (χ2n) is 10.0. The number of benzene rings is 3. The molecule has 0 aliphatic carbocycles. The highest BCUT2D eigenvalue weighted by molar-refractivity contribution is 6.04. The number of amides is 1. The molecule has 1 N–H and O–H groups in total. The van der Waals surface area contributed by atoms with Crippen LogP contribution >= 0.6 is 0 Å². The van der Waals surface area contributed by atoms with Gasteiger partial charge >= 0.3 is 6.47 Å². The second kappa shape index (κ2) is 13.5. The van der Waals surface area contributed by atoms with Crippen LogP contribution in [0.25, 0.3) is 16.8 Å². The summed E-state index contributed by atoms with van der Waals surface area (Å²) in [5.41, 5.74) is 8.74. The molecular formula is C33H35N5O4. The predicted octanol–water partition coefficient (Wildman–Crippen LogP) is 4.51. The molecule has 0 saturated carbocycles. The van der Waals surface area contributed by atoms with Crippen molar-refractivity contribution in [2.45, 2.75) is 33.1 Å². The quantitative estimate of drug-likeness (QED) is 0.131. The van der Waals surface area contributed by atoms with Gasteiger partial charge in [-0.1, -0.05) is 61.9 Å². The molecule has 9 heteroatoms. The van der Waals surface area contributed by atoms with E-state index in [1.807, 2.05) is 55.5 Å². The molecule has 0 unspecified atom stereocenters. The Labute approximate surface area is 245 Å². The number of hydrogen-bond acceptors (Lipinski definition) is 6. The average molecular weight is 566 g/mol. The Kier molecular flexibility index (Phi) is 9.65. The Balaban J connectivity index is 1.69. The molecule has 1 aromatic heterocycles. The highest BCUT2D eigenvalue weighted by Crippen LogP contribution is 2.25. The molecule has 216 valence electrons. The van der Waals surface area contributed by atoms with E-state index in [0.29, 0.717) is 47.8 Å². The van der Waals surface area contributed by atoms with Crippen molar-refractivity contribution in [2.24, 2.45) is 4.99 Å². The number of carbonyl (C=O) groups is 2. The fourth-order valence-electron chi connectivity index (χ4n) is 4.90. The monoisotopic (exact) mass is 565 g/mol. The average Bonchev–Trinajstić information content (AvgIpc) is 3.00. The maximum Gasteiger partial charge on any atom is 0.320 e. The van der Waals surface area contributed by atoms with E-state index in [1.54, 1.807) is 50.0 Å². The first-order chi connectivity index (χ1) is 20.3. The number of amidine groups is 1. The van der Waals surface area contributed by atoms with Crippen LogP contribution in [0.15, 0.2) is 82.6 Å². The van der Waals surface area contributed by atoms with Crippen molar-refractivity contribution in [1.82, 2.24) is 19.9 Å². The Morgan fingerprint density at radius 3 is 2.36 bits per heavy atom. The van der Waals surface area contributed by atoms with Gasteiger partial charge in [-0.15, -0.1) is 0 Å². The minimum Gasteiger partial charge on any atom is -0.345 e. The first-order valence-electron chi connectivity index (χ1n) is 13.7. The first kappa shape index (κ1) is 29.9. The zero-order valence-corrected chi connectivity index (χ0v) is 24.5. The van der Waals surface area contributed by atoms with Gasteiger partial charge < -0.3 is 9.74 Å². The topological polar surface area (TPSA) is 106 Å². The molecule has 0 fully saturated rings. The van der Waals surface area contributed by atoms with E-state index >= 15 is 0 Å². The summed E-state index contributed by atoms with van der Waals surface area (Å²) in [7, 11) is 5.03. The third-order valence-corrected chi connectivity index (χ3v) is 6.95. The fourth-order valence-corrected chi connectivity index (χ4v) is 4.90. The van der Waals surface area contributed by atoms with Crippen LogP contribution < -0.4 is 11.0 Å². The Morgan fingerprint density at radius 1 is 1.05 bits per heavy atom. The van der Waals surface area contributed by atoms with Crippen molar-refractivity contribution in [2.75, 3.05) is 21.1 Å². The third-order valence-electron chi connectivity index (χ3n) is 6.95. The molecule has 4 aromatic rings. The maximum absolute atomic E-state index is 13.9. The molecule has 3 aromatic carbocycles. The van der Waals surface area contributed by atoms with E-state index in [-0.39, 0.29) is 11.5 Å². The zero-order chi connectivity index (χ0) is 30.2. The molecule has 0 radical (unpaired) electrons. The molecule has 0 bridgehead atoms. The number of aryl methyl sites for hydroxylation is 2. The minimum absolute atomic E-state index is 0.0995. The van der Waals surface area contributed by atoms with Crippen LogP contribution in [0.3, 0.4) is 0 Å². The smallest absolute Gasteiger partial charge is 0.320 e. The fraction of sp³-hybridized carbons (Fsp3) is 0.242. The van der Waals surface area contributed by atoms with Crippen LogP contribution in [0.2, 0.25) is 0 Å². The van der Waals surface area contributed by atoms with Crippen LogP contribution in [0.5, 0.6) is 0 Å². The lowest BCUT2D eigenvalue weighted by atomic mass is 9.96. The van der Waals surface area contributed by atoms with E-state index in [2.05, 4.69) is 17.4 Å². The van der Waals surface area contributed by atoms with Crippen LogP contribution in [0, 0.1) is 6.92 Å². The van der Waals surface area contributed by atoms with E-state index < -0.39 is 0 Å². The highest BCUT2D eigenvalue weighted by Gasteiger charge is 2.17. The van der Waals surface area contributed by atoms with Crippen LogP contribution in [-0.2, 0) is 22.5 Å². The van der Waals surface area contributed by atoms with Crippen molar-refractivity contribution in [3.63, 3.8) is 0 Å². The van der Waals surface area contributed by atoms with Gasteiger partial charge in [0.25, 0.3) is 11.5 Å². The Bertz CT molecular complexity index is 1660. The summed E-state index contributed by atoms with van der Waals surface area (Å²) in [6.45, 7) is 4.21. The molecule has 4 rings (SSSR count). The molecule has 9 nitrogen and oxygen atoms in total. The Hall–Kier alpha value is -5.05. The van der Waals surface area contributed by atoms with Gasteiger partial charge in [0.05, 0.1) is 11.4 Å². The van der Waals surface area contributed by atoms with Crippen LogP contribution in [-0.4, -0.2) is 53.8 Å². The number of rotatable bonds is 10. The van der Waals surface area contributed by atoms with Gasteiger partial charge in [-0.3, -0.25) is 23.9 Å². The number of nitrogens with one attached hydrogen (secondary N) is 1. The summed E-state index contributed by atoms with van der Waals surface area (Å²) in [5.74, 6) is 0.931. The predicted molar refractivity (Wildman–Crippen MR) is 164 cm³/mol. The van der Waals surface area contributed by atoms with Gasteiger partial charge in [-0.05, 0) is 54.3 Å². The lowest BCUT2D eigenvalue weighted by molar-refractivity contribution is -0.132. The number of aliphatic imine (C=N–C) groups is 1. The summed E-state index contributed by atoms with van der Waals surface area (Å²) < 4.78 is 1.61. The molecule has 0 aliphatic rings. The normalized spacial score (nSPS) is 11.2. The minimum atomic E-state index is -0.114. The SMILES string of the molecule is CCCc1nc(C)n(-c2ccc(C(=O)N(C)C)cc2)c(=O)c1Cc1ccc(-c2ccccc2C(=NC)NOC=O)cc1. The lowest BCUT2D eigenvalue weighted by Gasteiger charge is -2.16. The lowest BCUT2D eigenvalue weighted by Crippen LogP contribution is -2.28. The van der Waals surface area contributed by atoms with Gasteiger partial charge in [0, 0.05) is 44.3 Å². The van der Waals surface area contributed by atoms with E-state index in [9.17, 15) is 14.4 Å². The van der Waals surface area contributed by atoms with Gasteiger partial charge in [0.1, 0.15) is 5.82 Å². The molecule has 0 atom stereocenters. The number of hydroxylamine groups is 1. The largest absolute Gasteiger partial charge is 0.345 e. The second-order valence-corrected chi connectivity index (χ2v) is 10.0. The first-order valence-corrected chi connectivity index (χ1v) is 13.7. The van der Waals surface area contributed by atoms with Gasteiger partial charge in [0.15, 0.2) is 5.84 Å². The summed E-state index contributed by atoms with van der Waals surface area (Å²) in [6.07, 6.45) is 1.99. The van der Waals surface area contributed by atoms with Crippen molar-refractivity contribution < 1.29 is 14.4 Å². The molecule has 0 spiro atoms. The maximum atomic E-state index is 13.9. The van der Waals surface area contributed by atoms with E-state index in [4.69, 9.17) is 9.82 Å². The summed E-state index contributed by atoms with van der Waals surface area (Å²) in [5, 5.41) is 0. The van der Waals surface area contributed by atoms with Crippen molar-refractivity contribution in [1.29, 1.82) is 0 Å². The molecule has 0 aliphatic heterocycles. The van der Waals surface area contributed by atoms with Gasteiger partial charge in [-0.2, -0.15) is 0 Å². The van der Waals surface area contributed by atoms with E-state index in [1.165, 1.54) is 4.90 Å². The molecule has 1 amide bonds. The Morgan fingerprint density at radius 2 is 1.74 bits per heavy atom. The third kappa shape index (κ3) is 6.46. The van der Waals surface area contributed by atoms with Crippen LogP contribution in [0.1, 0.15) is 51.9 Å². The van der Waals surface area contributed by atoms with Crippen molar-refractivity contribution >= 4 is 18.2 Å². The zero-order valence-electron chi connectivity index (χ0n) is 24.5. The molecule has 0 saturated heterocycles. The van der Waals surface area contributed by atoms with Crippen molar-refractivity contribution in [3.05, 3.63) is 117 Å². The molecular weight excluding hydrogens is 530 g/mol. The van der Waals surface area contributed by atoms with Crippen LogP contribution in [0.4, 0.5) is 0 Å². The molecule has 1 heterocycles. The van der Waals surface area contributed by atoms with E-state index in [0.717, 1.165) is 34.4 Å². The summed E-state index contributed by atoms with van der Waals surface area (Å²) in [4.78, 5) is 52.3. The standard InChI is InChI=1S/C33H35N5O4/c1-6-9-30-29(33(41)38(22(2)35-30)26-18-16-25(17-19-26)32(40)37(4)5)20-23-12-14-24(15-13-23)27-10-7-8-11-28(27)31(34-3)36-42-21-39/h7-8,10-19,21H,6,9,20H2,1-5H3,(H,34,36). The number of nitrogens with zero attached hydrogens (tertiary/aromatic N) is 4. The highest BCUT2D eigenvalue weighted by atomic mass is 16.7. The summed E-state index contributed by atoms with van der Waals surface area (Å²) in [6, 6.07) is 22.7. The summed E-state index contributed by atoms with van der Waals surface area (Å²) >= 11 is 0.